The number of carbonyl (C=O) groups excluding carboxylic acids is 1. The largest absolute Gasteiger partial charge is 0.496 e. The maximum Gasteiger partial charge on any atom is 0.260 e. The van der Waals surface area contributed by atoms with Crippen LogP contribution in [0.2, 0.25) is 0 Å². The third kappa shape index (κ3) is 2.59. The number of hydrogen-bond donors (Lipinski definition) is 2. The smallest absolute Gasteiger partial charge is 0.260 e. The molecule has 2 aromatic rings. The van der Waals surface area contributed by atoms with Gasteiger partial charge in [0.1, 0.15) is 5.75 Å². The summed E-state index contributed by atoms with van der Waals surface area (Å²) in [6.45, 7) is 5.74. The van der Waals surface area contributed by atoms with Gasteiger partial charge < -0.3 is 10.1 Å². The Morgan fingerprint density at radius 2 is 2.05 bits per heavy atom. The highest BCUT2D eigenvalue weighted by Gasteiger charge is 2.15. The Labute approximate surface area is 112 Å². The van der Waals surface area contributed by atoms with Gasteiger partial charge in [0.05, 0.1) is 12.7 Å². The standard InChI is InChI=1S/C14H17N3O2/c1-8-5-6-12(19-4)11(7-8)14(18)15-13-9(2)10(3)16-17-13/h5-7H,1-4H3,(H2,15,16,17,18). The molecule has 0 saturated heterocycles. The highest BCUT2D eigenvalue weighted by Crippen LogP contribution is 2.22. The molecule has 19 heavy (non-hydrogen) atoms. The molecule has 2 rings (SSSR count). The lowest BCUT2D eigenvalue weighted by Gasteiger charge is -2.09. The first-order valence-electron chi connectivity index (χ1n) is 6.00. The highest BCUT2D eigenvalue weighted by molar-refractivity contribution is 6.06. The van der Waals surface area contributed by atoms with Crippen molar-refractivity contribution in [2.45, 2.75) is 20.8 Å². The van der Waals surface area contributed by atoms with Crippen LogP contribution in [-0.4, -0.2) is 23.2 Å². The van der Waals surface area contributed by atoms with Gasteiger partial charge in [-0.25, -0.2) is 0 Å². The van der Waals surface area contributed by atoms with Crippen molar-refractivity contribution in [3.8, 4) is 5.75 Å². The number of rotatable bonds is 3. The van der Waals surface area contributed by atoms with Crippen molar-refractivity contribution < 1.29 is 9.53 Å². The molecule has 1 aromatic heterocycles. The number of carbonyl (C=O) groups is 1. The van der Waals surface area contributed by atoms with Crippen LogP contribution in [0, 0.1) is 20.8 Å². The van der Waals surface area contributed by atoms with Gasteiger partial charge in [0.25, 0.3) is 5.91 Å². The van der Waals surface area contributed by atoms with Gasteiger partial charge in [-0.1, -0.05) is 11.6 Å². The number of amides is 1. The summed E-state index contributed by atoms with van der Waals surface area (Å²) in [4.78, 5) is 12.3. The number of hydrogen-bond acceptors (Lipinski definition) is 3. The number of nitrogens with one attached hydrogen (secondary N) is 2. The Hall–Kier alpha value is -2.30. The molecule has 1 heterocycles. The molecular formula is C14H17N3O2. The van der Waals surface area contributed by atoms with Gasteiger partial charge in [-0.3, -0.25) is 9.89 Å². The molecule has 0 bridgehead atoms. The van der Waals surface area contributed by atoms with Crippen molar-refractivity contribution in [2.24, 2.45) is 0 Å². The maximum atomic E-state index is 12.3. The molecule has 5 nitrogen and oxygen atoms in total. The van der Waals surface area contributed by atoms with Gasteiger partial charge in [-0.05, 0) is 32.9 Å². The average molecular weight is 259 g/mol. The van der Waals surface area contributed by atoms with Gasteiger partial charge in [0.2, 0.25) is 0 Å². The zero-order valence-corrected chi connectivity index (χ0v) is 11.5. The van der Waals surface area contributed by atoms with Crippen LogP contribution in [0.3, 0.4) is 0 Å². The van der Waals surface area contributed by atoms with Crippen molar-refractivity contribution in [1.82, 2.24) is 10.2 Å². The Bertz CT molecular complexity index is 617. The zero-order valence-electron chi connectivity index (χ0n) is 11.5. The first kappa shape index (κ1) is 13.1. The number of ether oxygens (including phenoxy) is 1. The van der Waals surface area contributed by atoms with Crippen molar-refractivity contribution >= 4 is 11.7 Å². The fourth-order valence-electron chi connectivity index (χ4n) is 1.78. The van der Waals surface area contributed by atoms with E-state index in [4.69, 9.17) is 4.74 Å². The van der Waals surface area contributed by atoms with E-state index in [1.54, 1.807) is 19.2 Å². The number of H-pyrrole nitrogens is 1. The fraction of sp³-hybridized carbons (Fsp3) is 0.286. The van der Waals surface area contributed by atoms with Crippen molar-refractivity contribution in [3.63, 3.8) is 0 Å². The van der Waals surface area contributed by atoms with E-state index in [0.29, 0.717) is 17.1 Å². The lowest BCUT2D eigenvalue weighted by molar-refractivity contribution is 0.102. The normalized spacial score (nSPS) is 10.3. The summed E-state index contributed by atoms with van der Waals surface area (Å²) in [6, 6.07) is 5.48. The first-order valence-corrected chi connectivity index (χ1v) is 6.00. The Balaban J connectivity index is 2.30. The van der Waals surface area contributed by atoms with E-state index < -0.39 is 0 Å². The van der Waals surface area contributed by atoms with Crippen LogP contribution in [0.5, 0.6) is 5.75 Å². The van der Waals surface area contributed by atoms with E-state index in [-0.39, 0.29) is 5.91 Å². The predicted molar refractivity (Wildman–Crippen MR) is 73.7 cm³/mol. The van der Waals surface area contributed by atoms with Gasteiger partial charge in [-0.2, -0.15) is 5.10 Å². The zero-order chi connectivity index (χ0) is 14.0. The number of nitrogens with zero attached hydrogens (tertiary/aromatic N) is 1. The summed E-state index contributed by atoms with van der Waals surface area (Å²) in [5, 5.41) is 9.69. The quantitative estimate of drug-likeness (QED) is 0.890. The summed E-state index contributed by atoms with van der Waals surface area (Å²) in [6.07, 6.45) is 0. The van der Waals surface area contributed by atoms with Crippen LogP contribution in [0.15, 0.2) is 18.2 Å². The number of methoxy groups -OCH3 is 1. The summed E-state index contributed by atoms with van der Waals surface area (Å²) in [5.74, 6) is 0.870. The molecule has 1 aromatic carbocycles. The van der Waals surface area contributed by atoms with Crippen molar-refractivity contribution in [3.05, 3.63) is 40.6 Å². The number of anilines is 1. The summed E-state index contributed by atoms with van der Waals surface area (Å²) >= 11 is 0. The van der Waals surface area contributed by atoms with Crippen LogP contribution in [0.25, 0.3) is 0 Å². The Morgan fingerprint density at radius 1 is 1.32 bits per heavy atom. The molecule has 0 aliphatic carbocycles. The van der Waals surface area contributed by atoms with E-state index in [1.807, 2.05) is 26.8 Å². The predicted octanol–water partition coefficient (Wildman–Crippen LogP) is 2.60. The third-order valence-corrected chi connectivity index (χ3v) is 3.08. The average Bonchev–Trinajstić information content (AvgIpc) is 2.70. The molecule has 0 spiro atoms. The second-order valence-corrected chi connectivity index (χ2v) is 4.48. The van der Waals surface area contributed by atoms with E-state index in [2.05, 4.69) is 15.5 Å². The van der Waals surface area contributed by atoms with Gasteiger partial charge in [-0.15, -0.1) is 0 Å². The molecule has 0 atom stereocenters. The number of aromatic nitrogens is 2. The minimum Gasteiger partial charge on any atom is -0.496 e. The number of aryl methyl sites for hydroxylation is 2. The molecule has 1 amide bonds. The Kier molecular flexibility index (Phi) is 3.55. The lowest BCUT2D eigenvalue weighted by atomic mass is 10.1. The second kappa shape index (κ2) is 5.14. The van der Waals surface area contributed by atoms with Gasteiger partial charge in [0.15, 0.2) is 5.82 Å². The van der Waals surface area contributed by atoms with Gasteiger partial charge >= 0.3 is 0 Å². The van der Waals surface area contributed by atoms with Crippen molar-refractivity contribution in [1.29, 1.82) is 0 Å². The Morgan fingerprint density at radius 3 is 2.63 bits per heavy atom. The van der Waals surface area contributed by atoms with E-state index >= 15 is 0 Å². The van der Waals surface area contributed by atoms with Crippen LogP contribution >= 0.6 is 0 Å². The molecule has 0 fully saturated rings. The SMILES string of the molecule is COc1ccc(C)cc1C(=O)Nc1n[nH]c(C)c1C. The molecule has 0 aliphatic heterocycles. The summed E-state index contributed by atoms with van der Waals surface area (Å²) < 4.78 is 5.21. The second-order valence-electron chi connectivity index (χ2n) is 4.48. The molecular weight excluding hydrogens is 242 g/mol. The van der Waals surface area contributed by atoms with Crippen molar-refractivity contribution in [2.75, 3.05) is 12.4 Å². The first-order chi connectivity index (χ1) is 9.02. The topological polar surface area (TPSA) is 67.0 Å². The van der Waals surface area contributed by atoms with Crippen LogP contribution in [0.1, 0.15) is 27.2 Å². The van der Waals surface area contributed by atoms with E-state index in [0.717, 1.165) is 16.8 Å². The molecule has 0 saturated carbocycles. The molecule has 100 valence electrons. The molecule has 0 unspecified atom stereocenters. The highest BCUT2D eigenvalue weighted by atomic mass is 16.5. The number of benzene rings is 1. The monoisotopic (exact) mass is 259 g/mol. The third-order valence-electron chi connectivity index (χ3n) is 3.08. The molecule has 5 heteroatoms. The van der Waals surface area contributed by atoms with E-state index in [9.17, 15) is 4.79 Å². The lowest BCUT2D eigenvalue weighted by Crippen LogP contribution is -2.14. The van der Waals surface area contributed by atoms with Crippen LogP contribution in [-0.2, 0) is 0 Å². The molecule has 0 radical (unpaired) electrons. The minimum atomic E-state index is -0.227. The van der Waals surface area contributed by atoms with E-state index in [1.165, 1.54) is 0 Å². The fourth-order valence-corrected chi connectivity index (χ4v) is 1.78. The molecule has 2 N–H and O–H groups in total. The van der Waals surface area contributed by atoms with Gasteiger partial charge in [0, 0.05) is 11.3 Å². The molecule has 0 aliphatic rings. The van der Waals surface area contributed by atoms with Crippen LogP contribution < -0.4 is 10.1 Å². The van der Waals surface area contributed by atoms with Crippen LogP contribution in [0.4, 0.5) is 5.82 Å². The number of aromatic amines is 1. The summed E-state index contributed by atoms with van der Waals surface area (Å²) in [5.41, 5.74) is 3.37. The summed E-state index contributed by atoms with van der Waals surface area (Å²) in [7, 11) is 1.55. The minimum absolute atomic E-state index is 0.227. The maximum absolute atomic E-state index is 12.3.